The smallest absolute Gasteiger partial charge is 0.350 e. The average Bonchev–Trinajstić information content (AvgIpc) is 2.81. The number of amides is 1. The van der Waals surface area contributed by atoms with Crippen molar-refractivity contribution in [3.63, 3.8) is 0 Å². The van der Waals surface area contributed by atoms with Gasteiger partial charge in [0.25, 0.3) is 11.5 Å². The number of carbonyl (C=O) groups is 2. The highest BCUT2D eigenvalue weighted by molar-refractivity contribution is 7.17. The normalized spacial score (nSPS) is 10.2. The molecule has 0 atom stereocenters. The van der Waals surface area contributed by atoms with E-state index >= 15 is 0 Å². The summed E-state index contributed by atoms with van der Waals surface area (Å²) in [4.78, 5) is 39.1. The highest BCUT2D eigenvalue weighted by Crippen LogP contribution is 2.23. The summed E-state index contributed by atoms with van der Waals surface area (Å²) in [6.45, 7) is 1.64. The molecule has 2 aromatic rings. The van der Waals surface area contributed by atoms with E-state index in [0.717, 1.165) is 16.0 Å². The molecule has 0 spiro atoms. The van der Waals surface area contributed by atoms with Crippen molar-refractivity contribution in [1.29, 1.82) is 0 Å². The van der Waals surface area contributed by atoms with Gasteiger partial charge >= 0.3 is 5.97 Å². The van der Waals surface area contributed by atoms with Gasteiger partial charge in [-0.1, -0.05) is 11.3 Å². The second-order valence-corrected chi connectivity index (χ2v) is 5.06. The van der Waals surface area contributed by atoms with Crippen molar-refractivity contribution in [2.75, 3.05) is 12.4 Å². The lowest BCUT2D eigenvalue weighted by Crippen LogP contribution is -2.23. The third kappa shape index (κ3) is 3.14. The van der Waals surface area contributed by atoms with Gasteiger partial charge in [0.15, 0.2) is 5.13 Å². The number of esters is 1. The van der Waals surface area contributed by atoms with E-state index in [2.05, 4.69) is 20.1 Å². The number of hydrogen-bond donors (Lipinski definition) is 1. The lowest BCUT2D eigenvalue weighted by atomic mass is 10.4. The fourth-order valence-electron chi connectivity index (χ4n) is 1.52. The minimum atomic E-state index is -0.518. The van der Waals surface area contributed by atoms with Gasteiger partial charge in [-0.25, -0.2) is 14.5 Å². The van der Waals surface area contributed by atoms with Crippen molar-refractivity contribution in [1.82, 2.24) is 14.8 Å². The van der Waals surface area contributed by atoms with Crippen LogP contribution in [0.25, 0.3) is 0 Å². The Kier molecular flexibility index (Phi) is 4.13. The molecular formula is C12H12N4O4S. The van der Waals surface area contributed by atoms with E-state index in [9.17, 15) is 14.4 Å². The van der Waals surface area contributed by atoms with Crippen LogP contribution in [0.1, 0.15) is 25.9 Å². The number of methoxy groups -OCH3 is 1. The summed E-state index contributed by atoms with van der Waals surface area (Å²) >= 11 is 1.01. The number of aryl methyl sites for hydroxylation is 2. The summed E-state index contributed by atoms with van der Waals surface area (Å²) in [5, 5.41) is 6.61. The molecule has 0 unspecified atom stereocenters. The van der Waals surface area contributed by atoms with Crippen LogP contribution < -0.4 is 10.9 Å². The largest absolute Gasteiger partial charge is 0.465 e. The summed E-state index contributed by atoms with van der Waals surface area (Å²) in [6.07, 6.45) is 0. The number of hydrogen-bond acceptors (Lipinski definition) is 7. The van der Waals surface area contributed by atoms with E-state index in [1.54, 1.807) is 6.92 Å². The van der Waals surface area contributed by atoms with Gasteiger partial charge in [0.1, 0.15) is 10.6 Å². The topological polar surface area (TPSA) is 103 Å². The van der Waals surface area contributed by atoms with Crippen LogP contribution in [0, 0.1) is 6.92 Å². The van der Waals surface area contributed by atoms with Gasteiger partial charge in [0.2, 0.25) is 0 Å². The number of rotatable bonds is 3. The molecular weight excluding hydrogens is 296 g/mol. The SMILES string of the molecule is COC(=O)c1sc(NC(=O)c2ccc(=O)n(C)n2)nc1C. The minimum absolute atomic E-state index is 0.0737. The molecule has 0 aliphatic heterocycles. The molecule has 0 aliphatic carbocycles. The maximum atomic E-state index is 12.0. The van der Waals surface area contributed by atoms with Crippen LogP contribution in [0.15, 0.2) is 16.9 Å². The molecule has 110 valence electrons. The number of anilines is 1. The number of ether oxygens (including phenoxy) is 1. The van der Waals surface area contributed by atoms with Crippen molar-refractivity contribution >= 4 is 28.3 Å². The Bertz CT molecular complexity index is 765. The predicted molar refractivity (Wildman–Crippen MR) is 75.6 cm³/mol. The van der Waals surface area contributed by atoms with E-state index in [1.165, 1.54) is 26.3 Å². The highest BCUT2D eigenvalue weighted by atomic mass is 32.1. The maximum Gasteiger partial charge on any atom is 0.350 e. The summed E-state index contributed by atoms with van der Waals surface area (Å²) in [5.41, 5.74) is 0.227. The van der Waals surface area contributed by atoms with Gasteiger partial charge in [-0.05, 0) is 13.0 Å². The Labute approximate surface area is 123 Å². The van der Waals surface area contributed by atoms with Gasteiger partial charge in [0, 0.05) is 13.1 Å². The van der Waals surface area contributed by atoms with E-state index in [1.807, 2.05) is 0 Å². The molecule has 0 aromatic carbocycles. The van der Waals surface area contributed by atoms with E-state index in [0.29, 0.717) is 10.6 Å². The van der Waals surface area contributed by atoms with Crippen molar-refractivity contribution in [3.8, 4) is 0 Å². The fourth-order valence-corrected chi connectivity index (χ4v) is 2.40. The molecule has 2 rings (SSSR count). The Morgan fingerprint density at radius 3 is 2.71 bits per heavy atom. The molecule has 0 saturated heterocycles. The first kappa shape index (κ1) is 14.9. The Hall–Kier alpha value is -2.55. The first-order valence-electron chi connectivity index (χ1n) is 5.84. The highest BCUT2D eigenvalue weighted by Gasteiger charge is 2.18. The number of nitrogens with zero attached hydrogens (tertiary/aromatic N) is 3. The second kappa shape index (κ2) is 5.83. The molecule has 1 N–H and O–H groups in total. The van der Waals surface area contributed by atoms with Crippen molar-refractivity contribution in [2.24, 2.45) is 7.05 Å². The number of nitrogens with one attached hydrogen (secondary N) is 1. The first-order chi connectivity index (χ1) is 9.92. The first-order valence-corrected chi connectivity index (χ1v) is 6.65. The number of thiazole rings is 1. The van der Waals surface area contributed by atoms with Gasteiger partial charge < -0.3 is 4.74 Å². The van der Waals surface area contributed by atoms with Crippen LogP contribution in [0.2, 0.25) is 0 Å². The van der Waals surface area contributed by atoms with Crippen molar-refractivity contribution in [3.05, 3.63) is 38.8 Å². The van der Waals surface area contributed by atoms with Gasteiger partial charge in [0.05, 0.1) is 12.8 Å². The number of carbonyl (C=O) groups excluding carboxylic acids is 2. The van der Waals surface area contributed by atoms with E-state index in [-0.39, 0.29) is 16.4 Å². The molecule has 0 radical (unpaired) electrons. The van der Waals surface area contributed by atoms with Crippen molar-refractivity contribution < 1.29 is 14.3 Å². The lowest BCUT2D eigenvalue weighted by Gasteiger charge is -2.02. The fraction of sp³-hybridized carbons (Fsp3) is 0.250. The van der Waals surface area contributed by atoms with Crippen LogP contribution >= 0.6 is 11.3 Å². The molecule has 1 amide bonds. The predicted octanol–water partition coefficient (Wildman–Crippen LogP) is 0.584. The summed E-state index contributed by atoms with van der Waals surface area (Å²) in [5.74, 6) is -1.03. The monoisotopic (exact) mass is 308 g/mol. The Balaban J connectivity index is 2.21. The zero-order chi connectivity index (χ0) is 15.6. The third-order valence-corrected chi connectivity index (χ3v) is 3.63. The summed E-state index contributed by atoms with van der Waals surface area (Å²) in [7, 11) is 2.72. The van der Waals surface area contributed by atoms with Gasteiger partial charge in [-0.2, -0.15) is 5.10 Å². The maximum absolute atomic E-state index is 12.0. The average molecular weight is 308 g/mol. The Morgan fingerprint density at radius 1 is 1.38 bits per heavy atom. The zero-order valence-corrected chi connectivity index (χ0v) is 12.4. The van der Waals surface area contributed by atoms with Crippen LogP contribution in [-0.4, -0.2) is 33.8 Å². The minimum Gasteiger partial charge on any atom is -0.465 e. The van der Waals surface area contributed by atoms with E-state index in [4.69, 9.17) is 0 Å². The standard InChI is InChI=1S/C12H12N4O4S/c1-6-9(11(19)20-3)21-12(13-6)14-10(18)7-4-5-8(17)16(2)15-7/h4-5H,1-3H3,(H,13,14,18). The zero-order valence-electron chi connectivity index (χ0n) is 11.5. The van der Waals surface area contributed by atoms with Crippen molar-refractivity contribution in [2.45, 2.75) is 6.92 Å². The molecule has 0 aliphatic rings. The molecule has 0 fully saturated rings. The quantitative estimate of drug-likeness (QED) is 0.832. The Morgan fingerprint density at radius 2 is 2.10 bits per heavy atom. The molecule has 2 heterocycles. The molecule has 0 saturated carbocycles. The van der Waals surface area contributed by atoms with Gasteiger partial charge in [-0.3, -0.25) is 14.9 Å². The third-order valence-electron chi connectivity index (χ3n) is 2.58. The molecule has 2 aromatic heterocycles. The van der Waals surface area contributed by atoms with E-state index < -0.39 is 11.9 Å². The van der Waals surface area contributed by atoms with Crippen LogP contribution in [0.5, 0.6) is 0 Å². The van der Waals surface area contributed by atoms with Crippen LogP contribution in [0.3, 0.4) is 0 Å². The van der Waals surface area contributed by atoms with Crippen LogP contribution in [-0.2, 0) is 11.8 Å². The molecule has 9 heteroatoms. The lowest BCUT2D eigenvalue weighted by molar-refractivity contribution is 0.0605. The van der Waals surface area contributed by atoms with Crippen LogP contribution in [0.4, 0.5) is 5.13 Å². The second-order valence-electron chi connectivity index (χ2n) is 4.06. The molecule has 0 bridgehead atoms. The summed E-state index contributed by atoms with van der Waals surface area (Å²) < 4.78 is 5.67. The molecule has 21 heavy (non-hydrogen) atoms. The molecule has 8 nitrogen and oxygen atoms in total. The number of aromatic nitrogens is 3. The summed E-state index contributed by atoms with van der Waals surface area (Å²) in [6, 6.07) is 2.56. The van der Waals surface area contributed by atoms with Gasteiger partial charge in [-0.15, -0.1) is 0 Å².